The van der Waals surface area contributed by atoms with Crippen LogP contribution in [0.2, 0.25) is 0 Å². The molecule has 12 rings (SSSR count). The molecular weight excluding hydrogens is 709 g/mol. The Kier molecular flexibility index (Phi) is 3.04. The van der Waals surface area contributed by atoms with E-state index in [1.54, 1.807) is 0 Å². The van der Waals surface area contributed by atoms with Gasteiger partial charge in [-0.3, -0.25) is 0 Å². The van der Waals surface area contributed by atoms with Gasteiger partial charge in [-0.05, 0) is 83.2 Å². The molecule has 0 amide bonds. The summed E-state index contributed by atoms with van der Waals surface area (Å²) in [6, 6.07) is -32.9. The van der Waals surface area contributed by atoms with Crippen molar-refractivity contribution in [3.05, 3.63) is 205 Å². The zero-order valence-corrected chi connectivity index (χ0v) is 28.8. The van der Waals surface area contributed by atoms with Crippen molar-refractivity contribution < 1.29 is 54.1 Å². The van der Waals surface area contributed by atoms with Gasteiger partial charge in [-0.25, -0.2) is 0 Å². The summed E-state index contributed by atoms with van der Waals surface area (Å²) in [6.07, 6.45) is 0. The molecule has 0 spiro atoms. The fourth-order valence-corrected chi connectivity index (χ4v) is 6.81. The first kappa shape index (κ1) is 13.7. The highest BCUT2D eigenvalue weighted by Crippen LogP contribution is 2.49. The molecule has 0 unspecified atom stereocenters. The van der Waals surface area contributed by atoms with Gasteiger partial charge in [0.25, 0.3) is 0 Å². The lowest BCUT2D eigenvalue weighted by atomic mass is 9.97. The quantitative estimate of drug-likeness (QED) is 0.169. The number of furan rings is 2. The molecule has 0 fully saturated rings. The van der Waals surface area contributed by atoms with Crippen LogP contribution in [-0.2, 0) is 0 Å². The Labute approximate surface area is 380 Å². The fourth-order valence-electron chi connectivity index (χ4n) is 6.81. The average Bonchev–Trinajstić information content (AvgIpc) is 1.63. The molecule has 9 aromatic carbocycles. The summed E-state index contributed by atoms with van der Waals surface area (Å²) in [6.45, 7) is 0. The van der Waals surface area contributed by atoms with Crippen LogP contribution in [0.4, 0.5) is 17.1 Å². The number of benzene rings is 9. The van der Waals surface area contributed by atoms with Crippen molar-refractivity contribution in [2.45, 2.75) is 0 Å². The average molecular weight is 776 g/mol. The Balaban J connectivity index is 1.39. The molecule has 0 atom stereocenters. The monoisotopic (exact) mass is 775 g/mol. The minimum Gasteiger partial charge on any atom is -0.455 e. The lowest BCUT2D eigenvalue weighted by Crippen LogP contribution is -2.11. The Morgan fingerprint density at radius 1 is 0.397 bits per heavy atom. The maximum Gasteiger partial charge on any atom is 0.159 e. The first-order valence-electron chi connectivity index (χ1n) is 33.5. The van der Waals surface area contributed by atoms with E-state index in [-0.39, 0.29) is 0 Å². The molecule has 0 aliphatic carbocycles. The van der Waals surface area contributed by atoms with Crippen LogP contribution in [0.15, 0.2) is 214 Å². The van der Waals surface area contributed by atoms with Crippen LogP contribution < -0.4 is 4.90 Å². The van der Waals surface area contributed by atoms with Gasteiger partial charge in [0.1, 0.15) is 16.7 Å². The lowest BCUT2D eigenvalue weighted by molar-refractivity contribution is 0.668. The third-order valence-electron chi connectivity index (χ3n) is 9.23. The Morgan fingerprint density at radius 2 is 0.966 bits per heavy atom. The van der Waals surface area contributed by atoms with E-state index in [4.69, 9.17) is 34.9 Å². The molecule has 0 radical (unpaired) electrons. The lowest BCUT2D eigenvalue weighted by Gasteiger charge is -2.28. The number of hydrogen-bond acceptors (Lipinski definition) is 3. The molecule has 3 aromatic heterocycles. The standard InChI is InChI=1S/C54H34N2O2/c1-2-14-35(15-3-1)36-28-30-38(31-29-36)55(49-25-13-22-44-42-20-6-10-26-50(42)57-53(44)49)48-33-32-45-43-21-7-11-27-51(43)58-54(45)52(48)37-16-12-17-39(34-37)56-46-23-8-4-18-40(46)41-19-5-9-24-47(41)56/h1-34H/i1D,2D,3D,4D,5D,6D,7D,8D,9D,10D,11D,12D,14D,15D,16D,17D,18D,19D,20D,21D,22D,23D,24D,25D,26D,27D,28D,29D,30D,31D,32D,33D,34D. The summed E-state index contributed by atoms with van der Waals surface area (Å²) in [5, 5.41) is -3.66. The minimum atomic E-state index is -1.30. The smallest absolute Gasteiger partial charge is 0.159 e. The molecule has 0 aliphatic heterocycles. The second-order valence-electron chi connectivity index (χ2n) is 12.3. The van der Waals surface area contributed by atoms with Crippen molar-refractivity contribution in [3.8, 4) is 27.9 Å². The molecule has 0 saturated carbocycles. The summed E-state index contributed by atoms with van der Waals surface area (Å²) in [5.41, 5.74) is -13.0. The molecule has 0 N–H and O–H groups in total. The largest absolute Gasteiger partial charge is 0.455 e. The fraction of sp³-hybridized carbons (Fsp3) is 0. The molecule has 4 heteroatoms. The second-order valence-corrected chi connectivity index (χ2v) is 12.3. The molecule has 4 nitrogen and oxygen atoms in total. The number of para-hydroxylation sites is 5. The van der Waals surface area contributed by atoms with Crippen molar-refractivity contribution >= 4 is 82.7 Å². The molecular formula is C54H34N2O2. The van der Waals surface area contributed by atoms with E-state index in [1.807, 2.05) is 0 Å². The predicted molar refractivity (Wildman–Crippen MR) is 241 cm³/mol. The molecule has 0 aliphatic rings. The first-order chi connectivity index (χ1) is 42.5. The normalized spacial score (nSPS) is 19.8. The molecule has 12 aromatic rings. The van der Waals surface area contributed by atoms with Crippen LogP contribution >= 0.6 is 0 Å². The molecule has 272 valence electrons. The van der Waals surface area contributed by atoms with E-state index in [9.17, 15) is 19.2 Å². The van der Waals surface area contributed by atoms with Gasteiger partial charge in [-0.15, -0.1) is 0 Å². The van der Waals surface area contributed by atoms with E-state index >= 15 is 0 Å². The van der Waals surface area contributed by atoms with Crippen LogP contribution in [0.3, 0.4) is 0 Å². The highest BCUT2D eigenvalue weighted by atomic mass is 16.3. The number of rotatable bonds is 6. The number of nitrogens with zero attached hydrogens (tertiary/aromatic N) is 2. The molecule has 0 saturated heterocycles. The topological polar surface area (TPSA) is 34.5 Å². The molecule has 58 heavy (non-hydrogen) atoms. The van der Waals surface area contributed by atoms with E-state index in [0.717, 1.165) is 6.07 Å². The second kappa shape index (κ2) is 12.9. The summed E-state index contributed by atoms with van der Waals surface area (Å²) in [5.74, 6) is 0. The third-order valence-corrected chi connectivity index (χ3v) is 9.23. The van der Waals surface area contributed by atoms with E-state index in [1.165, 1.54) is 0 Å². The summed E-state index contributed by atoms with van der Waals surface area (Å²) in [4.78, 5) is 0.469. The van der Waals surface area contributed by atoms with Crippen LogP contribution in [0.5, 0.6) is 0 Å². The van der Waals surface area contributed by atoms with Crippen LogP contribution in [0, 0.1) is 0 Å². The van der Waals surface area contributed by atoms with Gasteiger partial charge in [0.15, 0.2) is 5.58 Å². The van der Waals surface area contributed by atoms with Gasteiger partial charge in [-0.1, -0.05) is 139 Å². The summed E-state index contributed by atoms with van der Waals surface area (Å²) in [7, 11) is 0. The van der Waals surface area contributed by atoms with Crippen molar-refractivity contribution in [1.29, 1.82) is 0 Å². The number of anilines is 3. The number of fused-ring (bicyclic) bond motifs is 9. The maximum atomic E-state index is 10.4. The SMILES string of the molecule is [2H]c1cc([2H])c2c(oc3c([2H])c([2H])c([2H])c([2H])c32)c1N(c1c([2H])c([2H])c(-c2c([2H])c([2H])c([2H])c([2H])c2[2H])c([2H])c1[2H])c1c([2H])c([2H])c2c(oc3c([2H])c([2H])c([2H])c([2H])c32)c1-c1c([2H])c([2H])c([2H])c(-n2c3c([2H])c([2H])c([2H])c([2H])c3c3c([2H])c([2H])c([2H])c([2H])c32)c1[2H]. The van der Waals surface area contributed by atoms with Gasteiger partial charge in [0, 0.05) is 49.3 Å². The maximum absolute atomic E-state index is 10.4. The van der Waals surface area contributed by atoms with Gasteiger partial charge >= 0.3 is 0 Å². The molecule has 3 heterocycles. The number of aromatic nitrogens is 1. The van der Waals surface area contributed by atoms with Crippen LogP contribution in [-0.4, -0.2) is 4.57 Å². The van der Waals surface area contributed by atoms with E-state index < -0.39 is 310 Å². The van der Waals surface area contributed by atoms with Gasteiger partial charge in [0.2, 0.25) is 0 Å². The first-order valence-corrected chi connectivity index (χ1v) is 17.0. The van der Waals surface area contributed by atoms with Crippen LogP contribution in [0.25, 0.3) is 93.6 Å². The molecule has 0 bridgehead atoms. The van der Waals surface area contributed by atoms with Crippen molar-refractivity contribution in [3.63, 3.8) is 0 Å². The van der Waals surface area contributed by atoms with Crippen LogP contribution in [0.1, 0.15) is 45.2 Å². The Hall–Kier alpha value is -7.82. The van der Waals surface area contributed by atoms with Crippen molar-refractivity contribution in [1.82, 2.24) is 4.57 Å². The highest BCUT2D eigenvalue weighted by Gasteiger charge is 2.26. The predicted octanol–water partition coefficient (Wildman–Crippen LogP) is 15.4. The highest BCUT2D eigenvalue weighted by molar-refractivity contribution is 6.16. The van der Waals surface area contributed by atoms with E-state index in [0.29, 0.717) is 9.47 Å². The number of hydrogen-bond donors (Lipinski definition) is 0. The van der Waals surface area contributed by atoms with E-state index in [2.05, 4.69) is 0 Å². The van der Waals surface area contributed by atoms with Crippen molar-refractivity contribution in [2.24, 2.45) is 0 Å². The third kappa shape index (κ3) is 4.95. The van der Waals surface area contributed by atoms with Crippen molar-refractivity contribution in [2.75, 3.05) is 4.90 Å². The Bertz CT molecular complexity index is 5340. The Morgan fingerprint density at radius 3 is 1.67 bits per heavy atom. The van der Waals surface area contributed by atoms with Gasteiger partial charge < -0.3 is 18.3 Å². The zero-order chi connectivity index (χ0) is 66.9. The van der Waals surface area contributed by atoms with Gasteiger partial charge in [-0.2, -0.15) is 0 Å². The minimum absolute atomic E-state index is 0.469. The summed E-state index contributed by atoms with van der Waals surface area (Å²) >= 11 is 0. The van der Waals surface area contributed by atoms with Gasteiger partial charge in [0.05, 0.1) is 67.6 Å². The summed E-state index contributed by atoms with van der Waals surface area (Å²) < 4.78 is 315. The zero-order valence-electron chi connectivity index (χ0n) is 61.8.